The third-order valence-electron chi connectivity index (χ3n) is 2.69. The zero-order valence-corrected chi connectivity index (χ0v) is 10.2. The maximum Gasteiger partial charge on any atom is 0.138 e. The Morgan fingerprint density at radius 1 is 1.24 bits per heavy atom. The van der Waals surface area contributed by atoms with Gasteiger partial charge in [0, 0.05) is 17.8 Å². The molecule has 0 spiro atoms. The predicted molar refractivity (Wildman–Crippen MR) is 64.4 cm³/mol. The first-order chi connectivity index (χ1) is 8.06. The number of rotatable bonds is 3. The minimum absolute atomic E-state index is 0.230. The lowest BCUT2D eigenvalue weighted by atomic mass is 10.2. The van der Waals surface area contributed by atoms with Crippen LogP contribution in [-0.4, -0.2) is 5.16 Å². The summed E-state index contributed by atoms with van der Waals surface area (Å²) >= 11 is 0. The lowest BCUT2D eigenvalue weighted by Gasteiger charge is -2.07. The van der Waals surface area contributed by atoms with E-state index >= 15 is 0 Å². The van der Waals surface area contributed by atoms with E-state index in [2.05, 4.69) is 10.5 Å². The second kappa shape index (κ2) is 4.57. The molecule has 0 aliphatic rings. The molecule has 0 saturated heterocycles. The predicted octanol–water partition coefficient (Wildman–Crippen LogP) is 3.35. The quantitative estimate of drug-likeness (QED) is 0.885. The molecule has 0 amide bonds. The molecule has 17 heavy (non-hydrogen) atoms. The molecular weight excluding hydrogens is 219 g/mol. The number of benzene rings is 1. The number of halogens is 1. The molecule has 0 radical (unpaired) electrons. The number of nitrogens with one attached hydrogen (secondary N) is 1. The largest absolute Gasteiger partial charge is 0.381 e. The molecule has 0 unspecified atom stereocenters. The topological polar surface area (TPSA) is 38.1 Å². The second-order valence-corrected chi connectivity index (χ2v) is 4.17. The fraction of sp³-hybridized carbons (Fsp3) is 0.308. The van der Waals surface area contributed by atoms with E-state index in [1.165, 1.54) is 12.1 Å². The lowest BCUT2D eigenvalue weighted by molar-refractivity contribution is 0.392. The van der Waals surface area contributed by atoms with Crippen LogP contribution in [0.4, 0.5) is 10.1 Å². The second-order valence-electron chi connectivity index (χ2n) is 4.17. The SMILES string of the molecule is Cc1cc(F)cc(NCc2c(C)noc2C)c1. The van der Waals surface area contributed by atoms with Crippen LogP contribution in [0.1, 0.15) is 22.6 Å². The molecule has 1 heterocycles. The van der Waals surface area contributed by atoms with E-state index in [-0.39, 0.29) is 5.82 Å². The van der Waals surface area contributed by atoms with Crippen molar-refractivity contribution in [1.29, 1.82) is 0 Å². The summed E-state index contributed by atoms with van der Waals surface area (Å²) in [4.78, 5) is 0. The first-order valence-corrected chi connectivity index (χ1v) is 5.49. The van der Waals surface area contributed by atoms with Crippen molar-refractivity contribution < 1.29 is 8.91 Å². The van der Waals surface area contributed by atoms with Crippen LogP contribution in [0.3, 0.4) is 0 Å². The van der Waals surface area contributed by atoms with Gasteiger partial charge in [-0.2, -0.15) is 0 Å². The number of hydrogen-bond acceptors (Lipinski definition) is 3. The molecule has 2 aromatic rings. The highest BCUT2D eigenvalue weighted by atomic mass is 19.1. The Labute approximate surface area is 99.6 Å². The summed E-state index contributed by atoms with van der Waals surface area (Å²) in [5.41, 5.74) is 3.55. The van der Waals surface area contributed by atoms with E-state index < -0.39 is 0 Å². The Kier molecular flexibility index (Phi) is 3.13. The van der Waals surface area contributed by atoms with Gasteiger partial charge in [-0.05, 0) is 44.5 Å². The number of hydrogen-bond donors (Lipinski definition) is 1. The van der Waals surface area contributed by atoms with Crippen LogP contribution >= 0.6 is 0 Å². The Balaban J connectivity index is 2.12. The van der Waals surface area contributed by atoms with Gasteiger partial charge >= 0.3 is 0 Å². The molecule has 1 aromatic carbocycles. The summed E-state index contributed by atoms with van der Waals surface area (Å²) in [6.45, 7) is 6.21. The van der Waals surface area contributed by atoms with Gasteiger partial charge in [-0.1, -0.05) is 5.16 Å². The van der Waals surface area contributed by atoms with Gasteiger partial charge in [0.1, 0.15) is 11.6 Å². The minimum Gasteiger partial charge on any atom is -0.381 e. The molecule has 4 heteroatoms. The van der Waals surface area contributed by atoms with Crippen LogP contribution in [0.5, 0.6) is 0 Å². The van der Waals surface area contributed by atoms with E-state index in [1.807, 2.05) is 26.8 Å². The number of nitrogens with zero attached hydrogens (tertiary/aromatic N) is 1. The van der Waals surface area contributed by atoms with Crippen LogP contribution in [0.15, 0.2) is 22.7 Å². The highest BCUT2D eigenvalue weighted by Gasteiger charge is 2.08. The molecule has 90 valence electrons. The number of aryl methyl sites for hydroxylation is 3. The molecule has 0 atom stereocenters. The Hall–Kier alpha value is -1.84. The molecule has 1 N–H and O–H groups in total. The van der Waals surface area contributed by atoms with Gasteiger partial charge in [0.05, 0.1) is 5.69 Å². The van der Waals surface area contributed by atoms with Crippen LogP contribution in [-0.2, 0) is 6.54 Å². The van der Waals surface area contributed by atoms with Gasteiger partial charge < -0.3 is 9.84 Å². The molecule has 0 fully saturated rings. The molecule has 0 bridgehead atoms. The summed E-state index contributed by atoms with van der Waals surface area (Å²) in [7, 11) is 0. The van der Waals surface area contributed by atoms with Crippen molar-refractivity contribution in [2.45, 2.75) is 27.3 Å². The molecule has 0 saturated carbocycles. The van der Waals surface area contributed by atoms with Gasteiger partial charge in [0.15, 0.2) is 0 Å². The smallest absolute Gasteiger partial charge is 0.138 e. The first kappa shape index (κ1) is 11.6. The molecule has 3 nitrogen and oxygen atoms in total. The van der Waals surface area contributed by atoms with Crippen molar-refractivity contribution in [1.82, 2.24) is 5.16 Å². The first-order valence-electron chi connectivity index (χ1n) is 5.49. The highest BCUT2D eigenvalue weighted by molar-refractivity contribution is 5.46. The van der Waals surface area contributed by atoms with Gasteiger partial charge in [-0.25, -0.2) is 4.39 Å². The number of anilines is 1. The Bertz CT molecular complexity index is 494. The molecule has 0 aliphatic heterocycles. The van der Waals surface area contributed by atoms with E-state index in [9.17, 15) is 4.39 Å². The van der Waals surface area contributed by atoms with Crippen LogP contribution < -0.4 is 5.32 Å². The summed E-state index contributed by atoms with van der Waals surface area (Å²) in [6, 6.07) is 4.88. The van der Waals surface area contributed by atoms with Gasteiger partial charge in [0.25, 0.3) is 0 Å². The minimum atomic E-state index is -0.230. The van der Waals surface area contributed by atoms with E-state index in [0.29, 0.717) is 6.54 Å². The van der Waals surface area contributed by atoms with Crippen molar-refractivity contribution >= 4 is 5.69 Å². The molecule has 2 rings (SSSR count). The third-order valence-corrected chi connectivity index (χ3v) is 2.69. The zero-order chi connectivity index (χ0) is 12.4. The molecular formula is C13H15FN2O. The zero-order valence-electron chi connectivity index (χ0n) is 10.2. The summed E-state index contributed by atoms with van der Waals surface area (Å²) in [6.07, 6.45) is 0. The van der Waals surface area contributed by atoms with Crippen LogP contribution in [0, 0.1) is 26.6 Å². The Morgan fingerprint density at radius 2 is 2.00 bits per heavy atom. The summed E-state index contributed by atoms with van der Waals surface area (Å²) < 4.78 is 18.2. The Morgan fingerprint density at radius 3 is 2.59 bits per heavy atom. The monoisotopic (exact) mass is 234 g/mol. The third kappa shape index (κ3) is 2.64. The summed E-state index contributed by atoms with van der Waals surface area (Å²) in [5.74, 6) is 0.564. The normalized spacial score (nSPS) is 10.6. The maximum absolute atomic E-state index is 13.2. The van der Waals surface area contributed by atoms with Crippen LogP contribution in [0.25, 0.3) is 0 Å². The fourth-order valence-corrected chi connectivity index (χ4v) is 1.78. The van der Waals surface area contributed by atoms with Gasteiger partial charge in [-0.3, -0.25) is 0 Å². The van der Waals surface area contributed by atoms with E-state index in [4.69, 9.17) is 4.52 Å². The van der Waals surface area contributed by atoms with Crippen molar-refractivity contribution in [2.24, 2.45) is 0 Å². The van der Waals surface area contributed by atoms with Gasteiger partial charge in [0.2, 0.25) is 0 Å². The summed E-state index contributed by atoms with van der Waals surface area (Å²) in [5, 5.41) is 7.04. The van der Waals surface area contributed by atoms with Crippen molar-refractivity contribution in [3.8, 4) is 0 Å². The fourth-order valence-electron chi connectivity index (χ4n) is 1.78. The average molecular weight is 234 g/mol. The van der Waals surface area contributed by atoms with Crippen molar-refractivity contribution in [2.75, 3.05) is 5.32 Å². The van der Waals surface area contributed by atoms with Crippen molar-refractivity contribution in [3.05, 3.63) is 46.6 Å². The molecule has 1 aromatic heterocycles. The maximum atomic E-state index is 13.2. The highest BCUT2D eigenvalue weighted by Crippen LogP contribution is 2.17. The van der Waals surface area contributed by atoms with Crippen molar-refractivity contribution in [3.63, 3.8) is 0 Å². The van der Waals surface area contributed by atoms with Gasteiger partial charge in [-0.15, -0.1) is 0 Å². The number of aromatic nitrogens is 1. The average Bonchev–Trinajstić information content (AvgIpc) is 2.55. The van der Waals surface area contributed by atoms with E-state index in [0.717, 1.165) is 28.3 Å². The molecule has 0 aliphatic carbocycles. The van der Waals surface area contributed by atoms with Crippen LogP contribution in [0.2, 0.25) is 0 Å². The van der Waals surface area contributed by atoms with E-state index in [1.54, 1.807) is 0 Å². The lowest BCUT2D eigenvalue weighted by Crippen LogP contribution is -2.02. The standard InChI is InChI=1S/C13H15FN2O/c1-8-4-11(14)6-12(5-8)15-7-13-9(2)16-17-10(13)3/h4-6,15H,7H2,1-3H3.